The summed E-state index contributed by atoms with van der Waals surface area (Å²) in [6.07, 6.45) is 12.8. The van der Waals surface area contributed by atoms with Gasteiger partial charge in [0.2, 0.25) is 5.95 Å². The lowest BCUT2D eigenvalue weighted by Gasteiger charge is -2.30. The van der Waals surface area contributed by atoms with Crippen molar-refractivity contribution in [3.63, 3.8) is 0 Å². The molecule has 4 heterocycles. The summed E-state index contributed by atoms with van der Waals surface area (Å²) in [4.78, 5) is 14.0. The molecule has 2 saturated heterocycles. The maximum atomic E-state index is 4.59. The zero-order valence-corrected chi connectivity index (χ0v) is 12.1. The molecule has 106 valence electrons. The molecule has 2 bridgehead atoms. The van der Waals surface area contributed by atoms with Crippen molar-refractivity contribution in [2.75, 3.05) is 25.0 Å². The van der Waals surface area contributed by atoms with Crippen LogP contribution in [-0.4, -0.2) is 47.1 Å². The highest BCUT2D eigenvalue weighted by Gasteiger charge is 2.34. The molecule has 0 amide bonds. The van der Waals surface area contributed by atoms with E-state index in [9.17, 15) is 0 Å². The largest absolute Gasteiger partial charge is 0.341 e. The van der Waals surface area contributed by atoms with Crippen LogP contribution in [0, 0.1) is 0 Å². The Bertz CT molecular complexity index is 516. The molecule has 4 nitrogen and oxygen atoms in total. The summed E-state index contributed by atoms with van der Waals surface area (Å²) in [7, 11) is 2.25. The summed E-state index contributed by atoms with van der Waals surface area (Å²) >= 11 is 0. The predicted octanol–water partition coefficient (Wildman–Crippen LogP) is 2.33. The van der Waals surface area contributed by atoms with Crippen LogP contribution in [0.4, 0.5) is 5.95 Å². The van der Waals surface area contributed by atoms with Crippen molar-refractivity contribution >= 4 is 11.5 Å². The lowest BCUT2D eigenvalue weighted by Crippen LogP contribution is -2.34. The van der Waals surface area contributed by atoms with Gasteiger partial charge in [0.1, 0.15) is 0 Å². The van der Waals surface area contributed by atoms with E-state index in [2.05, 4.69) is 32.9 Å². The highest BCUT2D eigenvalue weighted by molar-refractivity contribution is 5.67. The van der Waals surface area contributed by atoms with E-state index in [-0.39, 0.29) is 0 Å². The first kappa shape index (κ1) is 12.3. The number of hydrogen-bond acceptors (Lipinski definition) is 4. The van der Waals surface area contributed by atoms with Crippen LogP contribution in [0.3, 0.4) is 0 Å². The van der Waals surface area contributed by atoms with Crippen LogP contribution in [0.15, 0.2) is 18.5 Å². The summed E-state index contributed by atoms with van der Waals surface area (Å²) < 4.78 is 0. The third kappa shape index (κ3) is 2.03. The van der Waals surface area contributed by atoms with Crippen molar-refractivity contribution in [2.45, 2.75) is 44.2 Å². The van der Waals surface area contributed by atoms with Gasteiger partial charge in [0.05, 0.1) is 0 Å². The van der Waals surface area contributed by atoms with Gasteiger partial charge < -0.3 is 4.90 Å². The molecule has 0 aliphatic carbocycles. The van der Waals surface area contributed by atoms with Gasteiger partial charge in [-0.05, 0) is 44.7 Å². The Kier molecular flexibility index (Phi) is 2.99. The lowest BCUT2D eigenvalue weighted by molar-refractivity contribution is 0.264. The second kappa shape index (κ2) is 4.85. The number of nitrogens with zero attached hydrogens (tertiary/aromatic N) is 4. The Morgan fingerprint density at radius 1 is 1.10 bits per heavy atom. The number of rotatable bonds is 2. The van der Waals surface area contributed by atoms with E-state index in [4.69, 9.17) is 0 Å². The SMILES string of the molecule is CN1C2C=C(c3cnc(N4CCCC4)nc3)CC1CC2. The van der Waals surface area contributed by atoms with Crippen molar-refractivity contribution in [1.82, 2.24) is 14.9 Å². The molecule has 1 aromatic rings. The standard InChI is InChI=1S/C16H22N4/c1-19-14-4-5-15(19)9-12(8-14)13-10-17-16(18-11-13)20-6-2-3-7-20/h8,10-11,14-15H,2-7,9H2,1H3. The van der Waals surface area contributed by atoms with E-state index >= 15 is 0 Å². The second-order valence-electron chi connectivity index (χ2n) is 6.33. The fraction of sp³-hybridized carbons (Fsp3) is 0.625. The molecule has 1 aromatic heterocycles. The number of fused-ring (bicyclic) bond motifs is 2. The topological polar surface area (TPSA) is 32.3 Å². The molecule has 20 heavy (non-hydrogen) atoms. The van der Waals surface area contributed by atoms with E-state index in [1.807, 2.05) is 12.4 Å². The van der Waals surface area contributed by atoms with Crippen molar-refractivity contribution in [3.05, 3.63) is 24.0 Å². The Labute approximate surface area is 120 Å². The molecule has 0 spiro atoms. The monoisotopic (exact) mass is 270 g/mol. The maximum Gasteiger partial charge on any atom is 0.225 e. The van der Waals surface area contributed by atoms with Crippen LogP contribution in [0.1, 0.15) is 37.7 Å². The molecular formula is C16H22N4. The van der Waals surface area contributed by atoms with Gasteiger partial charge in [-0.3, -0.25) is 4.90 Å². The van der Waals surface area contributed by atoms with Gasteiger partial charge in [-0.1, -0.05) is 6.08 Å². The molecule has 4 rings (SSSR count). The Morgan fingerprint density at radius 2 is 1.85 bits per heavy atom. The van der Waals surface area contributed by atoms with Crippen molar-refractivity contribution in [1.29, 1.82) is 0 Å². The van der Waals surface area contributed by atoms with Gasteiger partial charge >= 0.3 is 0 Å². The van der Waals surface area contributed by atoms with Crippen molar-refractivity contribution in [2.24, 2.45) is 0 Å². The van der Waals surface area contributed by atoms with Crippen LogP contribution in [0.2, 0.25) is 0 Å². The molecule has 0 N–H and O–H groups in total. The number of hydrogen-bond donors (Lipinski definition) is 0. The molecule has 2 atom stereocenters. The minimum Gasteiger partial charge on any atom is -0.341 e. The summed E-state index contributed by atoms with van der Waals surface area (Å²) in [5.74, 6) is 0.905. The van der Waals surface area contributed by atoms with Crippen molar-refractivity contribution < 1.29 is 0 Å². The zero-order chi connectivity index (χ0) is 13.5. The van der Waals surface area contributed by atoms with Crippen LogP contribution in [-0.2, 0) is 0 Å². The lowest BCUT2D eigenvalue weighted by atomic mass is 9.97. The smallest absolute Gasteiger partial charge is 0.225 e. The molecule has 0 saturated carbocycles. The zero-order valence-electron chi connectivity index (χ0n) is 12.1. The highest BCUT2D eigenvalue weighted by atomic mass is 15.3. The quantitative estimate of drug-likeness (QED) is 0.825. The molecule has 2 unspecified atom stereocenters. The summed E-state index contributed by atoms with van der Waals surface area (Å²) in [5, 5.41) is 0. The number of likely N-dealkylation sites (N-methyl/N-ethyl adjacent to an activating group) is 1. The second-order valence-corrected chi connectivity index (χ2v) is 6.33. The highest BCUT2D eigenvalue weighted by Crippen LogP contribution is 2.37. The first-order valence-electron chi connectivity index (χ1n) is 7.81. The van der Waals surface area contributed by atoms with Crippen LogP contribution in [0.5, 0.6) is 0 Å². The van der Waals surface area contributed by atoms with Gasteiger partial charge in [-0.15, -0.1) is 0 Å². The van der Waals surface area contributed by atoms with E-state index in [1.165, 1.54) is 36.8 Å². The van der Waals surface area contributed by atoms with E-state index in [0.29, 0.717) is 6.04 Å². The molecular weight excluding hydrogens is 248 g/mol. The van der Waals surface area contributed by atoms with Gasteiger partial charge in [0.15, 0.2) is 0 Å². The van der Waals surface area contributed by atoms with E-state index < -0.39 is 0 Å². The molecule has 0 aromatic carbocycles. The summed E-state index contributed by atoms with van der Waals surface area (Å²) in [6.45, 7) is 2.22. The predicted molar refractivity (Wildman–Crippen MR) is 80.6 cm³/mol. The normalized spacial score (nSPS) is 29.9. The molecule has 3 aliphatic heterocycles. The minimum atomic E-state index is 0.627. The van der Waals surface area contributed by atoms with Gasteiger partial charge in [-0.2, -0.15) is 0 Å². The maximum absolute atomic E-state index is 4.59. The third-order valence-corrected chi connectivity index (χ3v) is 5.14. The molecule has 2 fully saturated rings. The van der Waals surface area contributed by atoms with Gasteiger partial charge in [0, 0.05) is 43.1 Å². The molecule has 3 aliphatic rings. The molecule has 0 radical (unpaired) electrons. The minimum absolute atomic E-state index is 0.627. The Morgan fingerprint density at radius 3 is 2.55 bits per heavy atom. The van der Waals surface area contributed by atoms with Crippen LogP contribution in [0.25, 0.3) is 5.57 Å². The number of aromatic nitrogens is 2. The Balaban J connectivity index is 1.56. The van der Waals surface area contributed by atoms with Gasteiger partial charge in [0.25, 0.3) is 0 Å². The Hall–Kier alpha value is -1.42. The molecule has 4 heteroatoms. The first-order valence-corrected chi connectivity index (χ1v) is 7.81. The first-order chi connectivity index (χ1) is 9.81. The average molecular weight is 270 g/mol. The van der Waals surface area contributed by atoms with Crippen LogP contribution < -0.4 is 4.90 Å². The van der Waals surface area contributed by atoms with Crippen molar-refractivity contribution in [3.8, 4) is 0 Å². The number of anilines is 1. The third-order valence-electron chi connectivity index (χ3n) is 5.14. The fourth-order valence-corrected chi connectivity index (χ4v) is 3.82. The summed E-state index contributed by atoms with van der Waals surface area (Å²) in [5.41, 5.74) is 2.67. The van der Waals surface area contributed by atoms with Crippen LogP contribution >= 0.6 is 0 Å². The van der Waals surface area contributed by atoms with Gasteiger partial charge in [-0.25, -0.2) is 9.97 Å². The fourth-order valence-electron chi connectivity index (χ4n) is 3.82. The van der Waals surface area contributed by atoms with E-state index in [1.54, 1.807) is 0 Å². The summed E-state index contributed by atoms with van der Waals surface area (Å²) in [6, 6.07) is 1.35. The average Bonchev–Trinajstić information content (AvgIpc) is 3.06. The van der Waals surface area contributed by atoms with E-state index in [0.717, 1.165) is 31.5 Å².